The standard InChI is InChI=1S/C33H22N4O/c1-2-30-35-26-18-24(19-29-33(26)37(30)27-7-3-4-8-28(27)38-29)20-9-11-21(12-10-20)25-16-15-23-14-13-22-6-5-17-34-31(22)32(23)36-25/h3-19H,2H2,1H3. The van der Waals surface area contributed by atoms with Gasteiger partial charge < -0.3 is 4.74 Å². The number of para-hydroxylation sites is 2. The van der Waals surface area contributed by atoms with Gasteiger partial charge in [-0.15, -0.1) is 0 Å². The first kappa shape index (κ1) is 21.1. The quantitative estimate of drug-likeness (QED) is 0.235. The van der Waals surface area contributed by atoms with Gasteiger partial charge in [0.05, 0.1) is 27.9 Å². The van der Waals surface area contributed by atoms with Crippen molar-refractivity contribution < 1.29 is 4.74 Å². The fraction of sp³-hybridized carbons (Fsp3) is 0.0606. The highest BCUT2D eigenvalue weighted by atomic mass is 16.5. The topological polar surface area (TPSA) is 52.8 Å². The largest absolute Gasteiger partial charge is 0.453 e. The SMILES string of the molecule is CCc1nc2cc(-c3ccc(-c4ccc5ccc6cccnc6c5n4)cc3)cc3c2n1-c1ccccc1O3. The van der Waals surface area contributed by atoms with Crippen LogP contribution in [-0.2, 0) is 6.42 Å². The van der Waals surface area contributed by atoms with Gasteiger partial charge in [-0.3, -0.25) is 9.55 Å². The molecule has 3 aromatic heterocycles. The molecule has 0 spiro atoms. The monoisotopic (exact) mass is 490 g/mol. The molecule has 0 radical (unpaired) electrons. The van der Waals surface area contributed by atoms with Crippen LogP contribution in [0.5, 0.6) is 11.5 Å². The molecule has 0 saturated carbocycles. The maximum absolute atomic E-state index is 6.36. The smallest absolute Gasteiger partial charge is 0.154 e. The molecule has 0 N–H and O–H groups in total. The van der Waals surface area contributed by atoms with E-state index in [1.165, 1.54) is 0 Å². The van der Waals surface area contributed by atoms with Gasteiger partial charge in [0.1, 0.15) is 11.3 Å². The first-order valence-corrected chi connectivity index (χ1v) is 12.8. The van der Waals surface area contributed by atoms with Gasteiger partial charge in [-0.25, -0.2) is 9.97 Å². The number of hydrogen-bond donors (Lipinski definition) is 0. The highest BCUT2D eigenvalue weighted by molar-refractivity contribution is 6.03. The summed E-state index contributed by atoms with van der Waals surface area (Å²) in [4.78, 5) is 14.6. The molecule has 1 aliphatic rings. The third kappa shape index (κ3) is 3.08. The normalized spacial score (nSPS) is 12.1. The van der Waals surface area contributed by atoms with Gasteiger partial charge in [0, 0.05) is 29.0 Å². The first-order chi connectivity index (χ1) is 18.8. The van der Waals surface area contributed by atoms with Crippen LogP contribution < -0.4 is 4.74 Å². The van der Waals surface area contributed by atoms with Crippen LogP contribution in [0.2, 0.25) is 0 Å². The molecular weight excluding hydrogens is 468 g/mol. The molecule has 8 rings (SSSR count). The maximum atomic E-state index is 6.36. The van der Waals surface area contributed by atoms with Crippen molar-refractivity contribution in [2.45, 2.75) is 13.3 Å². The molecule has 0 aliphatic carbocycles. The second kappa shape index (κ2) is 7.98. The second-order valence-corrected chi connectivity index (χ2v) is 9.62. The average molecular weight is 491 g/mol. The van der Waals surface area contributed by atoms with Crippen molar-refractivity contribution in [1.82, 2.24) is 19.5 Å². The summed E-state index contributed by atoms with van der Waals surface area (Å²) in [5.41, 5.74) is 9.05. The lowest BCUT2D eigenvalue weighted by Crippen LogP contribution is -2.07. The minimum absolute atomic E-state index is 0.836. The molecule has 0 fully saturated rings. The number of fused-ring (bicyclic) bond motifs is 5. The molecule has 4 aromatic carbocycles. The van der Waals surface area contributed by atoms with Crippen LogP contribution in [0, 0.1) is 0 Å². The lowest BCUT2D eigenvalue weighted by Gasteiger charge is -2.21. The summed E-state index contributed by atoms with van der Waals surface area (Å²) in [6.45, 7) is 2.14. The predicted octanol–water partition coefficient (Wildman–Crippen LogP) is 8.12. The molecule has 0 unspecified atom stereocenters. The van der Waals surface area contributed by atoms with Crippen molar-refractivity contribution in [3.8, 4) is 39.6 Å². The van der Waals surface area contributed by atoms with Crippen LogP contribution in [0.1, 0.15) is 12.7 Å². The van der Waals surface area contributed by atoms with Gasteiger partial charge in [-0.1, -0.05) is 67.6 Å². The molecule has 180 valence electrons. The molecule has 38 heavy (non-hydrogen) atoms. The number of aromatic nitrogens is 4. The number of rotatable bonds is 3. The van der Waals surface area contributed by atoms with E-state index in [9.17, 15) is 0 Å². The van der Waals surface area contributed by atoms with Crippen LogP contribution in [0.3, 0.4) is 0 Å². The van der Waals surface area contributed by atoms with Crippen molar-refractivity contribution >= 4 is 32.8 Å². The number of nitrogens with zero attached hydrogens (tertiary/aromatic N) is 4. The Morgan fingerprint density at radius 3 is 2.34 bits per heavy atom. The van der Waals surface area contributed by atoms with E-state index in [0.717, 1.165) is 84.7 Å². The van der Waals surface area contributed by atoms with E-state index in [-0.39, 0.29) is 0 Å². The fourth-order valence-corrected chi connectivity index (χ4v) is 5.53. The Balaban J connectivity index is 1.22. The Morgan fingerprint density at radius 1 is 0.684 bits per heavy atom. The van der Waals surface area contributed by atoms with E-state index >= 15 is 0 Å². The minimum atomic E-state index is 0.836. The van der Waals surface area contributed by atoms with Crippen molar-refractivity contribution in [1.29, 1.82) is 0 Å². The summed E-state index contributed by atoms with van der Waals surface area (Å²) < 4.78 is 8.60. The molecule has 0 amide bonds. The molecular formula is C33H22N4O. The van der Waals surface area contributed by atoms with Gasteiger partial charge >= 0.3 is 0 Å². The summed E-state index contributed by atoms with van der Waals surface area (Å²) >= 11 is 0. The molecule has 4 heterocycles. The molecule has 0 saturated heterocycles. The zero-order valence-electron chi connectivity index (χ0n) is 20.7. The van der Waals surface area contributed by atoms with Crippen LogP contribution in [0.15, 0.2) is 103 Å². The van der Waals surface area contributed by atoms with E-state index in [1.807, 2.05) is 30.5 Å². The van der Waals surface area contributed by atoms with Crippen molar-refractivity contribution in [3.63, 3.8) is 0 Å². The predicted molar refractivity (Wildman–Crippen MR) is 152 cm³/mol. The summed E-state index contributed by atoms with van der Waals surface area (Å²) in [5.74, 6) is 2.72. The third-order valence-electron chi connectivity index (χ3n) is 7.37. The molecule has 1 aliphatic heterocycles. The van der Waals surface area contributed by atoms with Crippen molar-refractivity contribution in [2.75, 3.05) is 0 Å². The zero-order chi connectivity index (χ0) is 25.2. The summed E-state index contributed by atoms with van der Waals surface area (Å²) in [7, 11) is 0. The van der Waals surface area contributed by atoms with Crippen molar-refractivity contribution in [3.05, 3.63) is 109 Å². The first-order valence-electron chi connectivity index (χ1n) is 12.8. The summed E-state index contributed by atoms with van der Waals surface area (Å²) in [6.07, 6.45) is 2.67. The molecule has 0 atom stereocenters. The lowest BCUT2D eigenvalue weighted by atomic mass is 10.0. The number of ether oxygens (including phenoxy) is 1. The highest BCUT2D eigenvalue weighted by Gasteiger charge is 2.24. The van der Waals surface area contributed by atoms with E-state index in [4.69, 9.17) is 14.7 Å². The van der Waals surface area contributed by atoms with Gasteiger partial charge in [-0.05, 0) is 47.5 Å². The maximum Gasteiger partial charge on any atom is 0.154 e. The minimum Gasteiger partial charge on any atom is -0.453 e. The lowest BCUT2D eigenvalue weighted by molar-refractivity contribution is 0.474. The number of benzene rings is 4. The van der Waals surface area contributed by atoms with Crippen LogP contribution in [0.25, 0.3) is 60.9 Å². The Kier molecular flexibility index (Phi) is 4.43. The van der Waals surface area contributed by atoms with Crippen molar-refractivity contribution in [2.24, 2.45) is 0 Å². The Hall–Kier alpha value is -5.03. The summed E-state index contributed by atoms with van der Waals surface area (Å²) in [5, 5.41) is 2.18. The molecule has 5 nitrogen and oxygen atoms in total. The van der Waals surface area contributed by atoms with Crippen LogP contribution >= 0.6 is 0 Å². The second-order valence-electron chi connectivity index (χ2n) is 9.62. The molecule has 7 aromatic rings. The highest BCUT2D eigenvalue weighted by Crippen LogP contribution is 2.43. The van der Waals surface area contributed by atoms with Gasteiger partial charge in [-0.2, -0.15) is 0 Å². The van der Waals surface area contributed by atoms with E-state index in [2.05, 4.69) is 89.3 Å². The number of hydrogen-bond acceptors (Lipinski definition) is 4. The molecule has 5 heteroatoms. The Morgan fingerprint density at radius 2 is 1.47 bits per heavy atom. The fourth-order valence-electron chi connectivity index (χ4n) is 5.53. The van der Waals surface area contributed by atoms with Gasteiger partial charge in [0.25, 0.3) is 0 Å². The van der Waals surface area contributed by atoms with E-state index in [0.29, 0.717) is 0 Å². The van der Waals surface area contributed by atoms with E-state index < -0.39 is 0 Å². The zero-order valence-corrected chi connectivity index (χ0v) is 20.7. The number of aryl methyl sites for hydroxylation is 1. The van der Waals surface area contributed by atoms with Gasteiger partial charge in [0.2, 0.25) is 0 Å². The molecule has 0 bridgehead atoms. The number of imidazole rings is 1. The number of pyridine rings is 2. The van der Waals surface area contributed by atoms with Crippen LogP contribution in [-0.4, -0.2) is 19.5 Å². The Labute approximate surface area is 219 Å². The summed E-state index contributed by atoms with van der Waals surface area (Å²) in [6, 6.07) is 33.4. The Bertz CT molecular complexity index is 2040. The van der Waals surface area contributed by atoms with Crippen LogP contribution in [0.4, 0.5) is 0 Å². The van der Waals surface area contributed by atoms with E-state index in [1.54, 1.807) is 0 Å². The third-order valence-corrected chi connectivity index (χ3v) is 7.37. The van der Waals surface area contributed by atoms with Gasteiger partial charge in [0.15, 0.2) is 11.5 Å². The average Bonchev–Trinajstić information content (AvgIpc) is 3.36.